The Kier molecular flexibility index (Phi) is 4.33. The second kappa shape index (κ2) is 5.98. The molecule has 18 heavy (non-hydrogen) atoms. The van der Waals surface area contributed by atoms with Crippen LogP contribution in [-0.4, -0.2) is 4.98 Å². The fourth-order valence-corrected chi connectivity index (χ4v) is 2.03. The number of hydrogen-bond acceptors (Lipinski definition) is 3. The zero-order valence-electron chi connectivity index (χ0n) is 10.1. The van der Waals surface area contributed by atoms with E-state index in [9.17, 15) is 0 Å². The number of aromatic nitrogens is 1. The molecule has 0 saturated heterocycles. The molecule has 3 nitrogen and oxygen atoms in total. The monoisotopic (exact) mass is 306 g/mol. The highest BCUT2D eigenvalue weighted by molar-refractivity contribution is 9.10. The van der Waals surface area contributed by atoms with Gasteiger partial charge in [-0.3, -0.25) is 4.98 Å². The van der Waals surface area contributed by atoms with Gasteiger partial charge >= 0.3 is 0 Å². The van der Waals surface area contributed by atoms with Gasteiger partial charge in [-0.15, -0.1) is 0 Å². The molecule has 0 aliphatic heterocycles. The first kappa shape index (κ1) is 13.1. The molecule has 2 rings (SSSR count). The lowest BCUT2D eigenvalue weighted by molar-refractivity contribution is 0.301. The Morgan fingerprint density at radius 2 is 2.22 bits per heavy atom. The van der Waals surface area contributed by atoms with Crippen LogP contribution in [-0.2, 0) is 6.61 Å². The molecule has 0 fully saturated rings. The van der Waals surface area contributed by atoms with Crippen molar-refractivity contribution in [2.75, 3.05) is 0 Å². The highest BCUT2D eigenvalue weighted by Gasteiger charge is 2.09. The van der Waals surface area contributed by atoms with Crippen LogP contribution >= 0.6 is 15.9 Å². The number of benzene rings is 1. The van der Waals surface area contributed by atoms with E-state index in [1.807, 2.05) is 37.3 Å². The van der Waals surface area contributed by atoms with Crippen molar-refractivity contribution in [1.82, 2.24) is 4.98 Å². The van der Waals surface area contributed by atoms with Crippen molar-refractivity contribution in [2.24, 2.45) is 5.73 Å². The molecule has 2 N–H and O–H groups in total. The lowest BCUT2D eigenvalue weighted by Crippen LogP contribution is -2.08. The Balaban J connectivity index is 2.14. The van der Waals surface area contributed by atoms with Crippen LogP contribution in [0.4, 0.5) is 0 Å². The van der Waals surface area contributed by atoms with Crippen molar-refractivity contribution >= 4 is 15.9 Å². The summed E-state index contributed by atoms with van der Waals surface area (Å²) in [6, 6.07) is 9.68. The number of pyridine rings is 1. The molecule has 0 radical (unpaired) electrons. The second-order valence-corrected chi connectivity index (χ2v) is 5.04. The van der Waals surface area contributed by atoms with E-state index in [1.54, 1.807) is 12.4 Å². The number of nitrogens with zero attached hydrogens (tertiary/aromatic N) is 1. The van der Waals surface area contributed by atoms with Gasteiger partial charge in [0.05, 0.1) is 0 Å². The average Bonchev–Trinajstić information content (AvgIpc) is 2.38. The zero-order valence-corrected chi connectivity index (χ0v) is 11.7. The van der Waals surface area contributed by atoms with E-state index in [0.717, 1.165) is 21.3 Å². The van der Waals surface area contributed by atoms with Gasteiger partial charge in [-0.25, -0.2) is 0 Å². The van der Waals surface area contributed by atoms with Gasteiger partial charge in [0.15, 0.2) is 0 Å². The molecular weight excluding hydrogens is 292 g/mol. The predicted octanol–water partition coefficient (Wildman–Crippen LogP) is 3.44. The largest absolute Gasteiger partial charge is 0.489 e. The summed E-state index contributed by atoms with van der Waals surface area (Å²) in [7, 11) is 0. The van der Waals surface area contributed by atoms with Crippen molar-refractivity contribution in [3.05, 3.63) is 58.3 Å². The van der Waals surface area contributed by atoms with E-state index in [2.05, 4.69) is 20.9 Å². The molecule has 1 aromatic carbocycles. The van der Waals surface area contributed by atoms with Crippen LogP contribution in [0.15, 0.2) is 47.2 Å². The summed E-state index contributed by atoms with van der Waals surface area (Å²) in [4.78, 5) is 4.06. The Bertz CT molecular complexity index is 514. The predicted molar refractivity (Wildman–Crippen MR) is 75.3 cm³/mol. The van der Waals surface area contributed by atoms with Gasteiger partial charge in [0.2, 0.25) is 0 Å². The average molecular weight is 307 g/mol. The first-order valence-corrected chi connectivity index (χ1v) is 6.53. The smallest absolute Gasteiger partial charge is 0.124 e. The molecule has 0 aliphatic rings. The number of rotatable bonds is 4. The number of halogens is 1. The van der Waals surface area contributed by atoms with Crippen LogP contribution in [0.3, 0.4) is 0 Å². The third-order valence-electron chi connectivity index (χ3n) is 2.58. The number of ether oxygens (including phenoxy) is 1. The zero-order chi connectivity index (χ0) is 13.0. The molecule has 0 bridgehead atoms. The maximum atomic E-state index is 5.94. The second-order valence-electron chi connectivity index (χ2n) is 4.12. The van der Waals surface area contributed by atoms with Gasteiger partial charge < -0.3 is 10.5 Å². The van der Waals surface area contributed by atoms with Crippen LogP contribution in [0.2, 0.25) is 0 Å². The van der Waals surface area contributed by atoms with E-state index in [0.29, 0.717) is 6.61 Å². The first-order chi connectivity index (χ1) is 8.66. The first-order valence-electron chi connectivity index (χ1n) is 5.73. The van der Waals surface area contributed by atoms with Gasteiger partial charge in [0.1, 0.15) is 12.4 Å². The summed E-state index contributed by atoms with van der Waals surface area (Å²) in [5.41, 5.74) is 7.97. The Morgan fingerprint density at radius 1 is 1.39 bits per heavy atom. The Morgan fingerprint density at radius 3 is 2.89 bits per heavy atom. The molecule has 0 spiro atoms. The van der Waals surface area contributed by atoms with E-state index in [-0.39, 0.29) is 6.04 Å². The van der Waals surface area contributed by atoms with Gasteiger partial charge in [0, 0.05) is 34.0 Å². The van der Waals surface area contributed by atoms with Crippen molar-refractivity contribution < 1.29 is 4.74 Å². The van der Waals surface area contributed by atoms with Gasteiger partial charge in [-0.05, 0) is 31.2 Å². The molecule has 1 atom stereocenters. The minimum absolute atomic E-state index is 0.0635. The van der Waals surface area contributed by atoms with E-state index >= 15 is 0 Å². The third kappa shape index (κ3) is 3.31. The minimum Gasteiger partial charge on any atom is -0.489 e. The lowest BCUT2D eigenvalue weighted by atomic mass is 10.1. The summed E-state index contributed by atoms with van der Waals surface area (Å²) >= 11 is 3.44. The van der Waals surface area contributed by atoms with E-state index in [1.165, 1.54) is 0 Å². The van der Waals surface area contributed by atoms with E-state index < -0.39 is 0 Å². The maximum Gasteiger partial charge on any atom is 0.124 e. The van der Waals surface area contributed by atoms with Crippen LogP contribution in [0.25, 0.3) is 0 Å². The molecule has 0 saturated carbocycles. The van der Waals surface area contributed by atoms with E-state index in [4.69, 9.17) is 10.5 Å². The molecule has 0 aliphatic carbocycles. The maximum absolute atomic E-state index is 5.94. The molecule has 1 aromatic heterocycles. The van der Waals surface area contributed by atoms with Gasteiger partial charge in [-0.1, -0.05) is 22.0 Å². The summed E-state index contributed by atoms with van der Waals surface area (Å²) in [6.07, 6.45) is 3.54. The van der Waals surface area contributed by atoms with Gasteiger partial charge in [0.25, 0.3) is 0 Å². The molecule has 0 amide bonds. The van der Waals surface area contributed by atoms with Gasteiger partial charge in [-0.2, -0.15) is 0 Å². The van der Waals surface area contributed by atoms with Crippen LogP contribution < -0.4 is 10.5 Å². The molecule has 0 unspecified atom stereocenters. The SMILES string of the molecule is C[C@H](N)c1cc(Br)ccc1OCc1cccnc1. The van der Waals surface area contributed by atoms with Crippen LogP contribution in [0.5, 0.6) is 5.75 Å². The Hall–Kier alpha value is -1.39. The molecule has 2 aromatic rings. The number of hydrogen-bond donors (Lipinski definition) is 1. The molecular formula is C14H15BrN2O. The van der Waals surface area contributed by atoms with Crippen molar-refractivity contribution in [3.63, 3.8) is 0 Å². The fraction of sp³-hybridized carbons (Fsp3) is 0.214. The molecule has 94 valence electrons. The summed E-state index contributed by atoms with van der Waals surface area (Å²) in [5, 5.41) is 0. The van der Waals surface area contributed by atoms with Crippen molar-refractivity contribution in [1.29, 1.82) is 0 Å². The van der Waals surface area contributed by atoms with Crippen LogP contribution in [0, 0.1) is 0 Å². The van der Waals surface area contributed by atoms with Crippen molar-refractivity contribution in [2.45, 2.75) is 19.6 Å². The standard InChI is InChI=1S/C14H15BrN2O/c1-10(16)13-7-12(15)4-5-14(13)18-9-11-3-2-6-17-8-11/h2-8,10H,9,16H2,1H3/t10-/m0/s1. The lowest BCUT2D eigenvalue weighted by Gasteiger charge is -2.14. The summed E-state index contributed by atoms with van der Waals surface area (Å²) in [5.74, 6) is 0.817. The quantitative estimate of drug-likeness (QED) is 0.941. The fourth-order valence-electron chi connectivity index (χ4n) is 1.65. The Labute approximate surface area is 115 Å². The molecule has 1 heterocycles. The highest BCUT2D eigenvalue weighted by Crippen LogP contribution is 2.28. The highest BCUT2D eigenvalue weighted by atomic mass is 79.9. The number of nitrogens with two attached hydrogens (primary N) is 1. The topological polar surface area (TPSA) is 48.1 Å². The summed E-state index contributed by atoms with van der Waals surface area (Å²) in [6.45, 7) is 2.44. The normalized spacial score (nSPS) is 12.2. The van der Waals surface area contributed by atoms with Crippen molar-refractivity contribution in [3.8, 4) is 5.75 Å². The minimum atomic E-state index is -0.0635. The van der Waals surface area contributed by atoms with Crippen LogP contribution in [0.1, 0.15) is 24.1 Å². The summed E-state index contributed by atoms with van der Waals surface area (Å²) < 4.78 is 6.80. The third-order valence-corrected chi connectivity index (χ3v) is 3.07. The molecule has 4 heteroatoms.